The van der Waals surface area contributed by atoms with Crippen LogP contribution in [0.3, 0.4) is 0 Å². The lowest BCUT2D eigenvalue weighted by atomic mass is 10.5. The smallest absolute Gasteiger partial charge is 0.416 e. The van der Waals surface area contributed by atoms with E-state index in [0.717, 1.165) is 0 Å². The van der Waals surface area contributed by atoms with Crippen molar-refractivity contribution in [2.75, 3.05) is 26.2 Å². The van der Waals surface area contributed by atoms with Gasteiger partial charge in [0.2, 0.25) is 0 Å². The van der Waals surface area contributed by atoms with E-state index in [1.165, 1.54) is 6.08 Å². The monoisotopic (exact) mass is 264 g/mol. The maximum Gasteiger partial charge on any atom is 0.416 e. The van der Waals surface area contributed by atoms with Crippen LogP contribution in [0.1, 0.15) is 20.8 Å². The first kappa shape index (κ1) is 15.9. The van der Waals surface area contributed by atoms with Gasteiger partial charge in [-0.2, -0.15) is 3.89 Å². The predicted molar refractivity (Wildman–Crippen MR) is 64.4 cm³/mol. The van der Waals surface area contributed by atoms with Crippen molar-refractivity contribution in [3.8, 4) is 0 Å². The zero-order valence-electron chi connectivity index (χ0n) is 10.5. The molecule has 0 aliphatic rings. The highest BCUT2D eigenvalue weighted by molar-refractivity contribution is 7.84. The summed E-state index contributed by atoms with van der Waals surface area (Å²) in [5.41, 5.74) is 0. The van der Waals surface area contributed by atoms with Crippen LogP contribution in [-0.2, 0) is 14.9 Å². The molecule has 0 radical (unpaired) electrons. The highest BCUT2D eigenvalue weighted by Gasteiger charge is 2.37. The van der Waals surface area contributed by atoms with Crippen molar-refractivity contribution in [3.63, 3.8) is 0 Å². The van der Waals surface area contributed by atoms with Crippen LogP contribution >= 0.6 is 0 Å². The van der Waals surface area contributed by atoms with Gasteiger partial charge < -0.3 is 9.84 Å². The Bertz CT molecular complexity index is 364. The molecule has 0 aliphatic heterocycles. The molecular formula is C10H20N2O4S. The Morgan fingerprint density at radius 3 is 2.18 bits per heavy atom. The summed E-state index contributed by atoms with van der Waals surface area (Å²) in [4.78, 5) is 0. The van der Waals surface area contributed by atoms with Crippen LogP contribution in [0.15, 0.2) is 17.1 Å². The lowest BCUT2D eigenvalue weighted by Gasteiger charge is -2.31. The maximum atomic E-state index is 12.0. The van der Waals surface area contributed by atoms with E-state index in [9.17, 15) is 13.5 Å². The van der Waals surface area contributed by atoms with Crippen molar-refractivity contribution in [2.24, 2.45) is 4.40 Å². The summed E-state index contributed by atoms with van der Waals surface area (Å²) in [5, 5.41) is 11.2. The molecule has 0 saturated heterocycles. The van der Waals surface area contributed by atoms with Gasteiger partial charge in [0.15, 0.2) is 6.08 Å². The molecule has 0 heterocycles. The summed E-state index contributed by atoms with van der Waals surface area (Å²) < 4.78 is 31.5. The van der Waals surface area contributed by atoms with Crippen molar-refractivity contribution in [1.82, 2.24) is 0 Å². The molecule has 0 saturated carbocycles. The van der Waals surface area contributed by atoms with Crippen LogP contribution in [-0.4, -0.2) is 44.6 Å². The van der Waals surface area contributed by atoms with Gasteiger partial charge in [-0.15, -0.1) is 15.0 Å². The van der Waals surface area contributed by atoms with E-state index < -0.39 is 16.3 Å². The van der Waals surface area contributed by atoms with Gasteiger partial charge in [-0.25, -0.2) is 0 Å². The van der Waals surface area contributed by atoms with E-state index >= 15 is 0 Å². The lowest BCUT2D eigenvalue weighted by molar-refractivity contribution is -0.800. The lowest BCUT2D eigenvalue weighted by Crippen LogP contribution is -2.51. The fraction of sp³-hybridized carbons (Fsp3) is 0.700. The Kier molecular flexibility index (Phi) is 6.19. The van der Waals surface area contributed by atoms with Gasteiger partial charge >= 0.3 is 10.2 Å². The SMILES string of the molecule is C=CCOC([O-])=NS(=O)(=O)[N+](CC)(CC)CC. The largest absolute Gasteiger partial charge is 0.595 e. The zero-order valence-corrected chi connectivity index (χ0v) is 11.4. The van der Waals surface area contributed by atoms with E-state index in [1.54, 1.807) is 20.8 Å². The zero-order chi connectivity index (χ0) is 13.5. The molecule has 0 amide bonds. The minimum Gasteiger partial charge on any atom is -0.595 e. The molecular weight excluding hydrogens is 244 g/mol. The quantitative estimate of drug-likeness (QED) is 0.281. The second-order valence-corrected chi connectivity index (χ2v) is 5.26. The van der Waals surface area contributed by atoms with Crippen molar-refractivity contribution in [2.45, 2.75) is 20.8 Å². The van der Waals surface area contributed by atoms with E-state index in [0.29, 0.717) is 19.6 Å². The van der Waals surface area contributed by atoms with Gasteiger partial charge in [-0.05, 0) is 20.8 Å². The maximum absolute atomic E-state index is 12.0. The van der Waals surface area contributed by atoms with E-state index in [-0.39, 0.29) is 10.5 Å². The number of nitrogens with zero attached hydrogens (tertiary/aromatic N) is 2. The van der Waals surface area contributed by atoms with Crippen LogP contribution in [0, 0.1) is 0 Å². The summed E-state index contributed by atoms with van der Waals surface area (Å²) in [6.45, 7) is 9.60. The molecule has 17 heavy (non-hydrogen) atoms. The Hall–Kier alpha value is -1.08. The second kappa shape index (κ2) is 6.61. The third-order valence-corrected chi connectivity index (χ3v) is 4.87. The summed E-state index contributed by atoms with van der Waals surface area (Å²) in [7, 11) is -3.91. The molecule has 0 fully saturated rings. The topological polar surface area (TPSA) is 78.8 Å². The summed E-state index contributed by atoms with van der Waals surface area (Å²) in [6, 6.07) is 0. The molecule has 0 aromatic heterocycles. The average molecular weight is 264 g/mol. The number of hydrogen-bond donors (Lipinski definition) is 0. The van der Waals surface area contributed by atoms with Gasteiger partial charge in [0, 0.05) is 6.61 Å². The second-order valence-electron chi connectivity index (χ2n) is 3.41. The van der Waals surface area contributed by atoms with E-state index in [1.807, 2.05) is 0 Å². The first-order valence-corrected chi connectivity index (χ1v) is 6.90. The van der Waals surface area contributed by atoms with Crippen LogP contribution in [0.4, 0.5) is 0 Å². The molecule has 0 bridgehead atoms. The highest BCUT2D eigenvalue weighted by atomic mass is 32.2. The van der Waals surface area contributed by atoms with Crippen LogP contribution < -0.4 is 5.11 Å². The van der Waals surface area contributed by atoms with Gasteiger partial charge in [0.1, 0.15) is 0 Å². The Balaban J connectivity index is 5.18. The van der Waals surface area contributed by atoms with Crippen LogP contribution in [0.25, 0.3) is 0 Å². The van der Waals surface area contributed by atoms with E-state index in [2.05, 4.69) is 15.7 Å². The third kappa shape index (κ3) is 3.71. The first-order valence-electron chi connectivity index (χ1n) is 5.51. The van der Waals surface area contributed by atoms with Crippen molar-refractivity contribution in [1.29, 1.82) is 0 Å². The number of rotatable bonds is 7. The van der Waals surface area contributed by atoms with Gasteiger partial charge in [-0.1, -0.05) is 10.5 Å². The van der Waals surface area contributed by atoms with Crippen LogP contribution in [0.5, 0.6) is 0 Å². The molecule has 0 aliphatic carbocycles. The van der Waals surface area contributed by atoms with Gasteiger partial charge in [-0.3, -0.25) is 0 Å². The molecule has 7 heteroatoms. The van der Waals surface area contributed by atoms with Crippen molar-refractivity contribution < 1.29 is 22.1 Å². The Morgan fingerprint density at radius 2 is 1.82 bits per heavy atom. The molecule has 0 rings (SSSR count). The van der Waals surface area contributed by atoms with Crippen molar-refractivity contribution in [3.05, 3.63) is 12.7 Å². The average Bonchev–Trinajstić information content (AvgIpc) is 2.28. The normalized spacial score (nSPS) is 13.5. The molecule has 100 valence electrons. The summed E-state index contributed by atoms with van der Waals surface area (Å²) in [5.74, 6) is 0. The number of ether oxygens (including phenoxy) is 1. The molecule has 0 unspecified atom stereocenters. The van der Waals surface area contributed by atoms with E-state index in [4.69, 9.17) is 0 Å². The standard InChI is InChI=1S/C10H20N2O4S/c1-5-9-16-10(13)11-17(14,15)12(6-2,7-3)8-4/h5H,1,6-9H2,2-4H3. The Morgan fingerprint density at radius 1 is 1.35 bits per heavy atom. The first-order chi connectivity index (χ1) is 7.89. The summed E-state index contributed by atoms with van der Waals surface area (Å²) in [6.07, 6.45) is 0.254. The molecule has 0 aromatic rings. The fourth-order valence-corrected chi connectivity index (χ4v) is 2.89. The molecule has 6 nitrogen and oxygen atoms in total. The Labute approximate surface area is 103 Å². The minimum atomic E-state index is -3.91. The van der Waals surface area contributed by atoms with Gasteiger partial charge in [0.25, 0.3) is 0 Å². The predicted octanol–water partition coefficient (Wildman–Crippen LogP) is 0.0266. The summed E-state index contributed by atoms with van der Waals surface area (Å²) >= 11 is 0. The number of quaternary nitrogens is 1. The minimum absolute atomic E-state index is 0.0533. The van der Waals surface area contributed by atoms with Crippen molar-refractivity contribution >= 4 is 16.3 Å². The number of hydrogen-bond acceptors (Lipinski definition) is 4. The molecule has 0 aromatic carbocycles. The highest BCUT2D eigenvalue weighted by Crippen LogP contribution is 2.16. The fourth-order valence-electron chi connectivity index (χ4n) is 1.50. The van der Waals surface area contributed by atoms with Gasteiger partial charge in [0.05, 0.1) is 19.6 Å². The molecule has 0 spiro atoms. The molecule has 0 N–H and O–H groups in total. The molecule has 0 atom stereocenters. The van der Waals surface area contributed by atoms with Crippen LogP contribution in [0.2, 0.25) is 0 Å². The third-order valence-electron chi connectivity index (χ3n) is 2.73.